The lowest BCUT2D eigenvalue weighted by molar-refractivity contribution is -0.116. The van der Waals surface area contributed by atoms with E-state index in [0.29, 0.717) is 22.6 Å². The number of amides is 3. The van der Waals surface area contributed by atoms with E-state index in [1.807, 2.05) is 0 Å². The SMILES string of the molecule is O=C1CN(Cc2ccnc(NS(=O)(=O)NCc3ccccc3)c2)C(=O)N1c1ccc(S(=O)(=O)C(F)(F)F)cc1. The highest BCUT2D eigenvalue weighted by Gasteiger charge is 2.47. The summed E-state index contributed by atoms with van der Waals surface area (Å²) in [4.78, 5) is 30.2. The molecule has 206 valence electrons. The van der Waals surface area contributed by atoms with Gasteiger partial charge < -0.3 is 4.90 Å². The summed E-state index contributed by atoms with van der Waals surface area (Å²) >= 11 is 0. The number of nitrogens with one attached hydrogen (secondary N) is 2. The molecule has 3 aromatic rings. The van der Waals surface area contributed by atoms with Gasteiger partial charge in [0.2, 0.25) is 0 Å². The predicted molar refractivity (Wildman–Crippen MR) is 133 cm³/mol. The van der Waals surface area contributed by atoms with Crippen LogP contribution in [0.5, 0.6) is 0 Å². The second kappa shape index (κ2) is 10.6. The number of carbonyl (C=O) groups excluding carboxylic acids is 2. The van der Waals surface area contributed by atoms with Gasteiger partial charge in [-0.1, -0.05) is 30.3 Å². The van der Waals surface area contributed by atoms with Gasteiger partial charge in [0.25, 0.3) is 15.7 Å². The second-order valence-corrected chi connectivity index (χ2v) is 11.7. The van der Waals surface area contributed by atoms with Crippen LogP contribution in [0.15, 0.2) is 77.8 Å². The third kappa shape index (κ3) is 6.35. The molecule has 0 radical (unpaired) electrons. The van der Waals surface area contributed by atoms with E-state index in [1.54, 1.807) is 30.3 Å². The maximum atomic E-state index is 12.9. The van der Waals surface area contributed by atoms with Crippen molar-refractivity contribution in [2.24, 2.45) is 0 Å². The molecule has 4 rings (SSSR count). The van der Waals surface area contributed by atoms with Crippen molar-refractivity contribution in [1.29, 1.82) is 0 Å². The number of hydrogen-bond donors (Lipinski definition) is 2. The number of carbonyl (C=O) groups is 2. The Labute approximate surface area is 221 Å². The average Bonchev–Trinajstić information content (AvgIpc) is 3.15. The number of rotatable bonds is 9. The molecule has 0 saturated carbocycles. The molecular formula is C23H20F3N5O6S2. The zero-order chi connectivity index (χ0) is 28.4. The van der Waals surface area contributed by atoms with E-state index < -0.39 is 42.4 Å². The van der Waals surface area contributed by atoms with Gasteiger partial charge in [-0.05, 0) is 47.5 Å². The number of imide groups is 1. The minimum atomic E-state index is -5.59. The molecule has 16 heteroatoms. The van der Waals surface area contributed by atoms with E-state index in [2.05, 4.69) is 14.4 Å². The van der Waals surface area contributed by atoms with E-state index >= 15 is 0 Å². The summed E-state index contributed by atoms with van der Waals surface area (Å²) < 4.78 is 90.9. The summed E-state index contributed by atoms with van der Waals surface area (Å²) in [5, 5.41) is 0. The fourth-order valence-electron chi connectivity index (χ4n) is 3.63. The van der Waals surface area contributed by atoms with Crippen LogP contribution in [0.4, 0.5) is 29.5 Å². The molecule has 3 amide bonds. The van der Waals surface area contributed by atoms with Crippen molar-refractivity contribution in [2.75, 3.05) is 16.2 Å². The summed E-state index contributed by atoms with van der Waals surface area (Å²) in [7, 11) is -9.57. The summed E-state index contributed by atoms with van der Waals surface area (Å²) in [6.45, 7) is -0.445. The molecule has 2 aromatic carbocycles. The Balaban J connectivity index is 1.43. The van der Waals surface area contributed by atoms with Gasteiger partial charge in [-0.3, -0.25) is 9.52 Å². The molecule has 1 aromatic heterocycles. The van der Waals surface area contributed by atoms with E-state index in [-0.39, 0.29) is 31.1 Å². The van der Waals surface area contributed by atoms with Crippen LogP contribution in [-0.4, -0.2) is 50.7 Å². The van der Waals surface area contributed by atoms with Gasteiger partial charge in [0, 0.05) is 19.3 Å². The quantitative estimate of drug-likeness (QED) is 0.369. The lowest BCUT2D eigenvalue weighted by Crippen LogP contribution is -2.33. The summed E-state index contributed by atoms with van der Waals surface area (Å²) in [6, 6.07) is 14.1. The Kier molecular flexibility index (Phi) is 7.63. The van der Waals surface area contributed by atoms with Crippen LogP contribution in [0.3, 0.4) is 0 Å². The molecule has 0 unspecified atom stereocenters. The number of nitrogens with zero attached hydrogens (tertiary/aromatic N) is 3. The van der Waals surface area contributed by atoms with Crippen LogP contribution in [0.2, 0.25) is 0 Å². The highest BCUT2D eigenvalue weighted by atomic mass is 32.2. The summed E-state index contributed by atoms with van der Waals surface area (Å²) in [5.41, 5.74) is -4.44. The maximum absolute atomic E-state index is 12.9. The minimum Gasteiger partial charge on any atom is -0.310 e. The molecule has 0 atom stereocenters. The van der Waals surface area contributed by atoms with Gasteiger partial charge in [-0.2, -0.15) is 26.3 Å². The molecule has 2 heterocycles. The van der Waals surface area contributed by atoms with Crippen molar-refractivity contribution >= 4 is 43.5 Å². The van der Waals surface area contributed by atoms with Crippen molar-refractivity contribution in [1.82, 2.24) is 14.6 Å². The molecular weight excluding hydrogens is 563 g/mol. The molecule has 1 aliphatic heterocycles. The smallest absolute Gasteiger partial charge is 0.310 e. The van der Waals surface area contributed by atoms with E-state index in [0.717, 1.165) is 22.6 Å². The largest absolute Gasteiger partial charge is 0.501 e. The van der Waals surface area contributed by atoms with E-state index in [9.17, 15) is 39.6 Å². The van der Waals surface area contributed by atoms with Crippen LogP contribution in [0.25, 0.3) is 0 Å². The average molecular weight is 584 g/mol. The first-order valence-electron chi connectivity index (χ1n) is 11.1. The van der Waals surface area contributed by atoms with Crippen LogP contribution < -0.4 is 14.3 Å². The van der Waals surface area contributed by atoms with Crippen molar-refractivity contribution in [2.45, 2.75) is 23.5 Å². The molecule has 1 aliphatic rings. The molecule has 39 heavy (non-hydrogen) atoms. The third-order valence-electron chi connectivity index (χ3n) is 5.49. The first-order valence-corrected chi connectivity index (χ1v) is 14.0. The number of urea groups is 1. The zero-order valence-corrected chi connectivity index (χ0v) is 21.4. The maximum Gasteiger partial charge on any atom is 0.501 e. The summed E-state index contributed by atoms with van der Waals surface area (Å²) in [5.74, 6) is -0.726. The zero-order valence-electron chi connectivity index (χ0n) is 19.8. The van der Waals surface area contributed by atoms with Crippen molar-refractivity contribution in [3.8, 4) is 0 Å². The number of aromatic nitrogens is 1. The molecule has 0 aliphatic carbocycles. The van der Waals surface area contributed by atoms with E-state index in [4.69, 9.17) is 0 Å². The Bertz CT molecular complexity index is 1600. The molecule has 0 bridgehead atoms. The monoisotopic (exact) mass is 583 g/mol. The first kappa shape index (κ1) is 28.0. The van der Waals surface area contributed by atoms with Gasteiger partial charge in [0.1, 0.15) is 12.4 Å². The first-order chi connectivity index (χ1) is 18.3. The number of halogens is 3. The molecule has 11 nitrogen and oxygen atoms in total. The van der Waals surface area contributed by atoms with Crippen LogP contribution in [0, 0.1) is 0 Å². The van der Waals surface area contributed by atoms with Crippen molar-refractivity contribution < 1.29 is 39.6 Å². The number of alkyl halides is 3. The second-order valence-electron chi connectivity index (χ2n) is 8.27. The fourth-order valence-corrected chi connectivity index (χ4v) is 5.21. The number of hydrogen-bond acceptors (Lipinski definition) is 7. The number of sulfone groups is 1. The van der Waals surface area contributed by atoms with Crippen LogP contribution in [0.1, 0.15) is 11.1 Å². The van der Waals surface area contributed by atoms with Crippen LogP contribution >= 0.6 is 0 Å². The summed E-state index contributed by atoms with van der Waals surface area (Å²) in [6.07, 6.45) is 1.31. The Morgan fingerprint density at radius 3 is 2.21 bits per heavy atom. The van der Waals surface area contributed by atoms with Crippen molar-refractivity contribution in [3.05, 3.63) is 84.1 Å². The highest BCUT2D eigenvalue weighted by Crippen LogP contribution is 2.32. The molecule has 1 saturated heterocycles. The van der Waals surface area contributed by atoms with Gasteiger partial charge in [0.05, 0.1) is 10.6 Å². The molecule has 0 spiro atoms. The number of anilines is 2. The standard InChI is InChI=1S/C23H20F3N5O6S2/c24-23(25,26)38(34,35)19-8-6-18(7-9-19)31-21(32)15-30(22(31)33)14-17-10-11-27-20(12-17)29-39(36,37)28-13-16-4-2-1-3-5-16/h1-12,28H,13-15H2,(H,27,29). The number of benzene rings is 2. The van der Waals surface area contributed by atoms with E-state index in [1.165, 1.54) is 18.3 Å². The Morgan fingerprint density at radius 2 is 1.56 bits per heavy atom. The number of pyridine rings is 1. The normalized spacial score (nSPS) is 14.6. The van der Waals surface area contributed by atoms with Gasteiger partial charge in [-0.15, -0.1) is 0 Å². The van der Waals surface area contributed by atoms with Crippen molar-refractivity contribution in [3.63, 3.8) is 0 Å². The van der Waals surface area contributed by atoms with Crippen LogP contribution in [-0.2, 0) is 37.9 Å². The van der Waals surface area contributed by atoms with Gasteiger partial charge in [-0.25, -0.2) is 23.1 Å². The molecule has 1 fully saturated rings. The lowest BCUT2D eigenvalue weighted by atomic mass is 10.2. The Morgan fingerprint density at radius 1 is 0.897 bits per heavy atom. The topological polar surface area (TPSA) is 146 Å². The highest BCUT2D eigenvalue weighted by molar-refractivity contribution is 7.92. The molecule has 2 N–H and O–H groups in total. The van der Waals surface area contributed by atoms with Gasteiger partial charge in [0.15, 0.2) is 0 Å². The fraction of sp³-hybridized carbons (Fsp3) is 0.174. The third-order valence-corrected chi connectivity index (χ3v) is 8.00. The Hall–Kier alpha value is -4.02. The predicted octanol–water partition coefficient (Wildman–Crippen LogP) is 2.79. The minimum absolute atomic E-state index is 0.0376. The lowest BCUT2D eigenvalue weighted by Gasteiger charge is -2.18. The van der Waals surface area contributed by atoms with Gasteiger partial charge >= 0.3 is 21.7 Å².